The molecule has 3 N–H and O–H groups in total. The summed E-state index contributed by atoms with van der Waals surface area (Å²) >= 11 is 6.14. The molecule has 0 radical (unpaired) electrons. The summed E-state index contributed by atoms with van der Waals surface area (Å²) in [5, 5.41) is 28.8. The van der Waals surface area contributed by atoms with Crippen LogP contribution in [0.1, 0.15) is 28.0 Å². The van der Waals surface area contributed by atoms with Gasteiger partial charge in [-0.2, -0.15) is 9.78 Å². The van der Waals surface area contributed by atoms with Crippen LogP contribution in [0.3, 0.4) is 0 Å². The van der Waals surface area contributed by atoms with Crippen LogP contribution in [-0.4, -0.2) is 49.0 Å². The van der Waals surface area contributed by atoms with E-state index in [2.05, 4.69) is 15.4 Å². The normalized spacial score (nSPS) is 12.3. The quantitative estimate of drug-likeness (QED) is 0.180. The van der Waals surface area contributed by atoms with Gasteiger partial charge in [0, 0.05) is 29.7 Å². The molecule has 2 unspecified atom stereocenters. The van der Waals surface area contributed by atoms with Gasteiger partial charge in [-0.3, -0.25) is 4.79 Å². The van der Waals surface area contributed by atoms with Crippen molar-refractivity contribution in [3.8, 4) is 22.8 Å². The third-order valence-corrected chi connectivity index (χ3v) is 6.96. The Balaban J connectivity index is 1.31. The first-order valence-electron chi connectivity index (χ1n) is 13.6. The number of aliphatic hydroxyl groups excluding tert-OH is 1. The first-order valence-corrected chi connectivity index (χ1v) is 14.0. The Kier molecular flexibility index (Phi) is 9.46. The summed E-state index contributed by atoms with van der Waals surface area (Å²) in [6, 6.07) is 30.0. The van der Waals surface area contributed by atoms with Crippen molar-refractivity contribution in [2.24, 2.45) is 0 Å². The number of amides is 1. The number of nitrogens with one attached hydrogen (secondary N) is 1. The monoisotopic (exact) mass is 596 g/mol. The highest BCUT2D eigenvalue weighted by atomic mass is 35.5. The molecule has 2 heterocycles. The number of carbonyl (C=O) groups excluding carboxylic acids is 2. The van der Waals surface area contributed by atoms with Crippen LogP contribution >= 0.6 is 11.6 Å². The van der Waals surface area contributed by atoms with Crippen molar-refractivity contribution in [1.82, 2.24) is 20.1 Å². The van der Waals surface area contributed by atoms with Crippen LogP contribution < -0.4 is 5.32 Å². The topological polar surface area (TPSA) is 127 Å². The lowest BCUT2D eigenvalue weighted by Gasteiger charge is -2.21. The molecule has 9 nitrogen and oxygen atoms in total. The van der Waals surface area contributed by atoms with E-state index in [1.807, 2.05) is 78.9 Å². The maximum atomic E-state index is 13.2. The predicted octanol–water partition coefficient (Wildman–Crippen LogP) is 5.13. The zero-order valence-electron chi connectivity index (χ0n) is 23.0. The van der Waals surface area contributed by atoms with E-state index in [1.54, 1.807) is 24.4 Å². The molecule has 5 rings (SSSR count). The number of hydrogen-bond acceptors (Lipinski definition) is 7. The van der Waals surface area contributed by atoms with Gasteiger partial charge in [0.25, 0.3) is 5.91 Å². The smallest absolute Gasteiger partial charge is 0.335 e. The van der Waals surface area contributed by atoms with E-state index in [0.29, 0.717) is 17.3 Å². The number of aromatic nitrogens is 3. The molecule has 1 amide bonds. The van der Waals surface area contributed by atoms with Gasteiger partial charge < -0.3 is 20.3 Å². The van der Waals surface area contributed by atoms with Gasteiger partial charge in [-0.15, -0.1) is 0 Å². The fraction of sp³-hybridized carbons (Fsp3) is 0.152. The molecule has 0 aliphatic carbocycles. The predicted molar refractivity (Wildman–Crippen MR) is 162 cm³/mol. The lowest BCUT2D eigenvalue weighted by atomic mass is 9.97. The van der Waals surface area contributed by atoms with Gasteiger partial charge in [-0.05, 0) is 52.9 Å². The first kappa shape index (κ1) is 29.5. The van der Waals surface area contributed by atoms with Crippen LogP contribution in [0.5, 0.6) is 5.88 Å². The SMILES string of the molecule is O=C(NC(Cc1ccc(-c2cccc(Cl)c2)cc1)CC(O)C(=O)OCc1ccccc1)c1cc(O)n(-c2ccccn2)n1. The second-order valence-corrected chi connectivity index (χ2v) is 10.4. The standard InChI is InChI=1S/C33H29ClN4O5/c34-26-10-6-9-25(18-26)24-14-12-22(13-15-24)17-27(19-29(39)33(42)43-21-23-7-2-1-3-8-23)36-32(41)28-20-31(40)38(37-28)30-11-4-5-16-35-30/h1-16,18,20,27,29,39-40H,17,19,21H2,(H,36,41). The molecule has 2 aromatic heterocycles. The van der Waals surface area contributed by atoms with E-state index in [9.17, 15) is 19.8 Å². The number of nitrogens with zero attached hydrogens (tertiary/aromatic N) is 3. The molecule has 43 heavy (non-hydrogen) atoms. The number of ether oxygens (including phenoxy) is 1. The number of benzene rings is 3. The van der Waals surface area contributed by atoms with Crippen molar-refractivity contribution in [2.45, 2.75) is 31.6 Å². The summed E-state index contributed by atoms with van der Waals surface area (Å²) in [5.41, 5.74) is 3.53. The number of hydrogen-bond donors (Lipinski definition) is 3. The van der Waals surface area contributed by atoms with Crippen molar-refractivity contribution < 1.29 is 24.5 Å². The van der Waals surface area contributed by atoms with Crippen LogP contribution in [0, 0.1) is 0 Å². The maximum absolute atomic E-state index is 13.2. The van der Waals surface area contributed by atoms with Crippen LogP contribution in [0.15, 0.2) is 109 Å². The van der Waals surface area contributed by atoms with Crippen LogP contribution in [0.4, 0.5) is 0 Å². The van der Waals surface area contributed by atoms with Crippen molar-refractivity contribution >= 4 is 23.5 Å². The number of pyridine rings is 1. The zero-order valence-corrected chi connectivity index (χ0v) is 23.8. The minimum atomic E-state index is -1.49. The molecular weight excluding hydrogens is 568 g/mol. The van der Waals surface area contributed by atoms with Crippen molar-refractivity contribution in [3.05, 3.63) is 131 Å². The third kappa shape index (κ3) is 7.85. The Morgan fingerprint density at radius 3 is 2.37 bits per heavy atom. The Hall–Kier alpha value is -4.99. The lowest BCUT2D eigenvalue weighted by molar-refractivity contribution is -0.155. The molecule has 5 aromatic rings. The minimum Gasteiger partial charge on any atom is -0.493 e. The van der Waals surface area contributed by atoms with E-state index in [1.165, 1.54) is 6.07 Å². The second kappa shape index (κ2) is 13.8. The maximum Gasteiger partial charge on any atom is 0.335 e. The molecule has 0 aliphatic heterocycles. The van der Waals surface area contributed by atoms with Crippen LogP contribution in [-0.2, 0) is 22.6 Å². The lowest BCUT2D eigenvalue weighted by Crippen LogP contribution is -2.41. The Bertz CT molecular complexity index is 1680. The molecule has 218 valence electrons. The van der Waals surface area contributed by atoms with E-state index in [-0.39, 0.29) is 24.6 Å². The summed E-state index contributed by atoms with van der Waals surface area (Å²) in [4.78, 5) is 30.0. The van der Waals surface area contributed by atoms with Gasteiger partial charge in [0.1, 0.15) is 6.61 Å². The summed E-state index contributed by atoms with van der Waals surface area (Å²) in [5.74, 6) is -1.31. The number of aliphatic hydroxyl groups is 1. The highest BCUT2D eigenvalue weighted by Gasteiger charge is 2.26. The van der Waals surface area contributed by atoms with Gasteiger partial charge in [-0.1, -0.05) is 84.4 Å². The highest BCUT2D eigenvalue weighted by molar-refractivity contribution is 6.30. The Morgan fingerprint density at radius 1 is 0.884 bits per heavy atom. The van der Waals surface area contributed by atoms with E-state index >= 15 is 0 Å². The molecule has 0 aliphatic rings. The number of esters is 1. The van der Waals surface area contributed by atoms with Gasteiger partial charge in [0.15, 0.2) is 17.6 Å². The number of carbonyl (C=O) groups is 2. The van der Waals surface area contributed by atoms with E-state index in [0.717, 1.165) is 26.9 Å². The number of aromatic hydroxyl groups is 1. The summed E-state index contributed by atoms with van der Waals surface area (Å²) in [6.45, 7) is 0.0168. The van der Waals surface area contributed by atoms with E-state index in [4.69, 9.17) is 16.3 Å². The molecule has 10 heteroatoms. The van der Waals surface area contributed by atoms with Gasteiger partial charge in [0.05, 0.1) is 0 Å². The zero-order chi connectivity index (χ0) is 30.2. The molecule has 0 fully saturated rings. The summed E-state index contributed by atoms with van der Waals surface area (Å²) < 4.78 is 6.45. The molecule has 2 atom stereocenters. The van der Waals surface area contributed by atoms with Gasteiger partial charge in [-0.25, -0.2) is 9.78 Å². The Labute approximate surface area is 253 Å². The number of halogens is 1. The van der Waals surface area contributed by atoms with Gasteiger partial charge in [0.2, 0.25) is 5.88 Å². The fourth-order valence-electron chi connectivity index (χ4n) is 4.56. The van der Waals surface area contributed by atoms with Crippen LogP contribution in [0.25, 0.3) is 16.9 Å². The molecule has 0 saturated heterocycles. The van der Waals surface area contributed by atoms with Crippen molar-refractivity contribution in [3.63, 3.8) is 0 Å². The first-order chi connectivity index (χ1) is 20.9. The van der Waals surface area contributed by atoms with Crippen molar-refractivity contribution in [1.29, 1.82) is 0 Å². The minimum absolute atomic E-state index is 0.0168. The summed E-state index contributed by atoms with van der Waals surface area (Å²) in [6.07, 6.45) is 0.251. The summed E-state index contributed by atoms with van der Waals surface area (Å²) in [7, 11) is 0. The molecular formula is C33H29ClN4O5. The van der Waals surface area contributed by atoms with Gasteiger partial charge >= 0.3 is 5.97 Å². The average molecular weight is 597 g/mol. The third-order valence-electron chi connectivity index (χ3n) is 6.72. The van der Waals surface area contributed by atoms with Crippen molar-refractivity contribution in [2.75, 3.05) is 0 Å². The van der Waals surface area contributed by atoms with Crippen LogP contribution in [0.2, 0.25) is 5.02 Å². The molecule has 3 aromatic carbocycles. The largest absolute Gasteiger partial charge is 0.493 e. The average Bonchev–Trinajstić information content (AvgIpc) is 3.42. The Morgan fingerprint density at radius 2 is 1.65 bits per heavy atom. The molecule has 0 spiro atoms. The highest BCUT2D eigenvalue weighted by Crippen LogP contribution is 2.24. The molecule has 0 bridgehead atoms. The van der Waals surface area contributed by atoms with E-state index < -0.39 is 24.0 Å². The fourth-order valence-corrected chi connectivity index (χ4v) is 4.75. The second-order valence-electron chi connectivity index (χ2n) is 9.91. The number of rotatable bonds is 11. The molecule has 0 saturated carbocycles.